The van der Waals surface area contributed by atoms with Gasteiger partial charge in [0.15, 0.2) is 11.6 Å². The normalized spacial score (nSPS) is 11.8. The van der Waals surface area contributed by atoms with Gasteiger partial charge in [0.1, 0.15) is 0 Å². The molecule has 2 aromatic carbocycles. The second kappa shape index (κ2) is 7.00. The molecule has 0 radical (unpaired) electrons. The molecule has 4 nitrogen and oxygen atoms in total. The molecule has 26 heavy (non-hydrogen) atoms. The minimum Gasteiger partial charge on any atom is -0.493 e. The molecular weight excluding hydrogens is 331 g/mol. The number of aromatic nitrogens is 1. The number of benzene rings is 2. The maximum absolute atomic E-state index is 14.4. The van der Waals surface area contributed by atoms with Crippen LogP contribution >= 0.6 is 0 Å². The van der Waals surface area contributed by atoms with E-state index in [9.17, 15) is 9.50 Å². The Bertz CT molecular complexity index is 926. The average molecular weight is 356 g/mol. The highest BCUT2D eigenvalue weighted by atomic mass is 19.1. The van der Waals surface area contributed by atoms with Gasteiger partial charge in [0, 0.05) is 23.7 Å². The molecule has 0 amide bonds. The zero-order valence-electron chi connectivity index (χ0n) is 15.6. The summed E-state index contributed by atoms with van der Waals surface area (Å²) in [6.07, 6.45) is 2.68. The number of aromatic amines is 1. The topological polar surface area (TPSA) is 57.3 Å². The quantitative estimate of drug-likeness (QED) is 0.609. The molecule has 3 rings (SSSR count). The zero-order chi connectivity index (χ0) is 18.9. The van der Waals surface area contributed by atoms with Crippen molar-refractivity contribution in [2.45, 2.75) is 32.8 Å². The molecule has 0 saturated carbocycles. The van der Waals surface area contributed by atoms with Crippen LogP contribution in [0.25, 0.3) is 10.9 Å². The first-order valence-corrected chi connectivity index (χ1v) is 8.71. The molecule has 5 heteroatoms. The van der Waals surface area contributed by atoms with Gasteiger partial charge in [0.05, 0.1) is 23.9 Å². The SMILES string of the molecule is COc1c(C)ccc(NCCc2c[nH]c3c(C(C)(C)O)cccc23)c1F. The maximum atomic E-state index is 14.4. The second-order valence-electron chi connectivity index (χ2n) is 7.06. The van der Waals surface area contributed by atoms with Gasteiger partial charge < -0.3 is 20.1 Å². The van der Waals surface area contributed by atoms with Crippen molar-refractivity contribution in [3.8, 4) is 5.75 Å². The first-order chi connectivity index (χ1) is 12.3. The molecule has 0 saturated heterocycles. The predicted molar refractivity (Wildman–Crippen MR) is 103 cm³/mol. The zero-order valence-corrected chi connectivity index (χ0v) is 15.6. The van der Waals surface area contributed by atoms with Crippen LogP contribution < -0.4 is 10.1 Å². The number of ether oxygens (including phenoxy) is 1. The lowest BCUT2D eigenvalue weighted by Crippen LogP contribution is -2.15. The smallest absolute Gasteiger partial charge is 0.188 e. The first kappa shape index (κ1) is 18.3. The largest absolute Gasteiger partial charge is 0.493 e. The number of para-hydroxylation sites is 1. The monoisotopic (exact) mass is 356 g/mol. The van der Waals surface area contributed by atoms with Crippen molar-refractivity contribution in [2.75, 3.05) is 19.0 Å². The molecule has 0 aliphatic carbocycles. The van der Waals surface area contributed by atoms with E-state index in [0.29, 0.717) is 12.2 Å². The van der Waals surface area contributed by atoms with Gasteiger partial charge in [0.2, 0.25) is 0 Å². The minimum atomic E-state index is -0.915. The third-order valence-electron chi connectivity index (χ3n) is 4.67. The van der Waals surface area contributed by atoms with Crippen LogP contribution in [0.3, 0.4) is 0 Å². The lowest BCUT2D eigenvalue weighted by molar-refractivity contribution is 0.0800. The van der Waals surface area contributed by atoms with Gasteiger partial charge in [-0.05, 0) is 44.4 Å². The summed E-state index contributed by atoms with van der Waals surface area (Å²) >= 11 is 0. The maximum Gasteiger partial charge on any atom is 0.188 e. The lowest BCUT2D eigenvalue weighted by Gasteiger charge is -2.18. The van der Waals surface area contributed by atoms with Crippen LogP contribution in [0.15, 0.2) is 36.5 Å². The van der Waals surface area contributed by atoms with Crippen LogP contribution in [-0.4, -0.2) is 23.7 Å². The van der Waals surface area contributed by atoms with E-state index in [4.69, 9.17) is 4.74 Å². The van der Waals surface area contributed by atoms with Crippen LogP contribution in [-0.2, 0) is 12.0 Å². The van der Waals surface area contributed by atoms with E-state index >= 15 is 0 Å². The fourth-order valence-corrected chi connectivity index (χ4v) is 3.30. The van der Waals surface area contributed by atoms with Gasteiger partial charge in [-0.25, -0.2) is 4.39 Å². The van der Waals surface area contributed by atoms with Gasteiger partial charge in [-0.1, -0.05) is 24.3 Å². The van der Waals surface area contributed by atoms with Crippen LogP contribution in [0.1, 0.15) is 30.5 Å². The van der Waals surface area contributed by atoms with Gasteiger partial charge in [-0.15, -0.1) is 0 Å². The summed E-state index contributed by atoms with van der Waals surface area (Å²) in [5.74, 6) is -0.0901. The molecule has 0 unspecified atom stereocenters. The van der Waals surface area contributed by atoms with Crippen molar-refractivity contribution in [1.29, 1.82) is 0 Å². The van der Waals surface area contributed by atoms with Gasteiger partial charge in [0.25, 0.3) is 0 Å². The first-order valence-electron chi connectivity index (χ1n) is 8.71. The number of aliphatic hydroxyl groups is 1. The fourth-order valence-electron chi connectivity index (χ4n) is 3.30. The molecule has 3 N–H and O–H groups in total. The summed E-state index contributed by atoms with van der Waals surface area (Å²) in [7, 11) is 1.47. The number of hydrogen-bond donors (Lipinski definition) is 3. The van der Waals surface area contributed by atoms with Gasteiger partial charge >= 0.3 is 0 Å². The second-order valence-corrected chi connectivity index (χ2v) is 7.06. The lowest BCUT2D eigenvalue weighted by atomic mass is 9.95. The van der Waals surface area contributed by atoms with E-state index in [2.05, 4.69) is 10.3 Å². The van der Waals surface area contributed by atoms with E-state index in [1.807, 2.05) is 37.4 Å². The van der Waals surface area contributed by atoms with Crippen molar-refractivity contribution in [1.82, 2.24) is 4.98 Å². The Kier molecular flexibility index (Phi) is 4.92. The molecule has 1 aromatic heterocycles. The van der Waals surface area contributed by atoms with Crippen molar-refractivity contribution in [2.24, 2.45) is 0 Å². The Hall–Kier alpha value is -2.53. The van der Waals surface area contributed by atoms with Crippen LogP contribution in [0.4, 0.5) is 10.1 Å². The molecule has 0 spiro atoms. The molecule has 0 aliphatic heterocycles. The third kappa shape index (κ3) is 3.40. The molecule has 0 aliphatic rings. The van der Waals surface area contributed by atoms with Gasteiger partial charge in [-0.3, -0.25) is 0 Å². The minimum absolute atomic E-state index is 0.275. The number of rotatable bonds is 6. The fraction of sp³-hybridized carbons (Fsp3) is 0.333. The summed E-state index contributed by atoms with van der Waals surface area (Å²) in [5.41, 5.74) is 3.22. The summed E-state index contributed by atoms with van der Waals surface area (Å²) in [6, 6.07) is 9.48. The number of aryl methyl sites for hydroxylation is 1. The van der Waals surface area contributed by atoms with E-state index in [1.54, 1.807) is 19.9 Å². The number of H-pyrrole nitrogens is 1. The molecule has 0 fully saturated rings. The summed E-state index contributed by atoms with van der Waals surface area (Å²) in [5, 5.41) is 14.6. The highest BCUT2D eigenvalue weighted by Gasteiger charge is 2.20. The Balaban J connectivity index is 1.78. The number of anilines is 1. The molecule has 1 heterocycles. The van der Waals surface area contributed by atoms with E-state index in [-0.39, 0.29) is 11.6 Å². The Morgan fingerprint density at radius 3 is 2.69 bits per heavy atom. The molecule has 0 bridgehead atoms. The number of halogens is 1. The van der Waals surface area contributed by atoms with Crippen molar-refractivity contribution in [3.63, 3.8) is 0 Å². The number of fused-ring (bicyclic) bond motifs is 1. The Labute approximate surface area is 153 Å². The highest BCUT2D eigenvalue weighted by molar-refractivity contribution is 5.86. The van der Waals surface area contributed by atoms with Crippen molar-refractivity contribution >= 4 is 16.6 Å². The van der Waals surface area contributed by atoms with E-state index in [1.165, 1.54) is 7.11 Å². The van der Waals surface area contributed by atoms with E-state index in [0.717, 1.165) is 34.0 Å². The van der Waals surface area contributed by atoms with Crippen molar-refractivity contribution in [3.05, 3.63) is 59.0 Å². The standard InChI is InChI=1S/C21H25FN2O2/c1-13-8-9-17(18(22)20(13)26-4)23-11-10-14-12-24-19-15(14)6-5-7-16(19)21(2,3)25/h5-9,12,23-25H,10-11H2,1-4H3. The predicted octanol–water partition coefficient (Wildman–Crippen LogP) is 4.51. The summed E-state index contributed by atoms with van der Waals surface area (Å²) < 4.78 is 19.5. The molecule has 0 atom stereocenters. The summed E-state index contributed by atoms with van der Waals surface area (Å²) in [6.45, 7) is 5.95. The highest BCUT2D eigenvalue weighted by Crippen LogP contribution is 2.30. The number of methoxy groups -OCH3 is 1. The number of nitrogens with one attached hydrogen (secondary N) is 2. The molecular formula is C21H25FN2O2. The van der Waals surface area contributed by atoms with Crippen LogP contribution in [0, 0.1) is 12.7 Å². The van der Waals surface area contributed by atoms with Crippen LogP contribution in [0.2, 0.25) is 0 Å². The Morgan fingerprint density at radius 1 is 1.23 bits per heavy atom. The average Bonchev–Trinajstić information content (AvgIpc) is 2.99. The third-order valence-corrected chi connectivity index (χ3v) is 4.67. The molecule has 138 valence electrons. The molecule has 3 aromatic rings. The van der Waals surface area contributed by atoms with Gasteiger partial charge in [-0.2, -0.15) is 0 Å². The number of hydrogen-bond acceptors (Lipinski definition) is 3. The van der Waals surface area contributed by atoms with Crippen molar-refractivity contribution < 1.29 is 14.2 Å². The Morgan fingerprint density at radius 2 is 2.00 bits per heavy atom. The van der Waals surface area contributed by atoms with Crippen LogP contribution in [0.5, 0.6) is 5.75 Å². The summed E-state index contributed by atoms with van der Waals surface area (Å²) in [4.78, 5) is 3.27. The van der Waals surface area contributed by atoms with E-state index < -0.39 is 5.60 Å².